The lowest BCUT2D eigenvalue weighted by atomic mass is 10.1. The standard InChI is InChI=1S/C19H16ClN5O/c1-12-3-6-15(7-4-12)18-22-19(26-24-18)16-9-13(2)25(23-16)11-14-5-8-17(20)21-10-14/h3-10H,11H2,1-2H3. The molecule has 0 fully saturated rings. The van der Waals surface area contributed by atoms with Crippen LogP contribution in [0.15, 0.2) is 53.2 Å². The number of halogens is 1. The Morgan fingerprint density at radius 2 is 1.88 bits per heavy atom. The van der Waals surface area contributed by atoms with Gasteiger partial charge in [-0.25, -0.2) is 4.98 Å². The zero-order valence-corrected chi connectivity index (χ0v) is 15.1. The van der Waals surface area contributed by atoms with Crippen LogP contribution in [0, 0.1) is 13.8 Å². The number of hydrogen-bond donors (Lipinski definition) is 0. The quantitative estimate of drug-likeness (QED) is 0.504. The molecule has 0 saturated heterocycles. The Morgan fingerprint density at radius 1 is 1.08 bits per heavy atom. The largest absolute Gasteiger partial charge is 0.332 e. The van der Waals surface area contributed by atoms with E-state index in [4.69, 9.17) is 16.1 Å². The van der Waals surface area contributed by atoms with Gasteiger partial charge in [0.2, 0.25) is 5.82 Å². The fourth-order valence-electron chi connectivity index (χ4n) is 2.60. The lowest BCUT2D eigenvalue weighted by Gasteiger charge is -2.03. The SMILES string of the molecule is Cc1ccc(-c2noc(-c3cc(C)n(Cc4ccc(Cl)nc4)n3)n2)cc1. The van der Waals surface area contributed by atoms with Gasteiger partial charge >= 0.3 is 0 Å². The molecule has 0 aliphatic carbocycles. The Kier molecular flexibility index (Phi) is 4.26. The van der Waals surface area contributed by atoms with E-state index in [0.29, 0.717) is 29.1 Å². The van der Waals surface area contributed by atoms with Crippen LogP contribution in [-0.4, -0.2) is 24.9 Å². The minimum absolute atomic E-state index is 0.400. The average Bonchev–Trinajstić information content (AvgIpc) is 3.25. The van der Waals surface area contributed by atoms with Crippen molar-refractivity contribution in [1.29, 1.82) is 0 Å². The van der Waals surface area contributed by atoms with Gasteiger partial charge in [-0.15, -0.1) is 0 Å². The van der Waals surface area contributed by atoms with Gasteiger partial charge in [0, 0.05) is 17.5 Å². The molecule has 4 aromatic rings. The van der Waals surface area contributed by atoms with Crippen LogP contribution >= 0.6 is 11.6 Å². The van der Waals surface area contributed by atoms with Gasteiger partial charge in [0.25, 0.3) is 5.89 Å². The zero-order chi connectivity index (χ0) is 18.1. The van der Waals surface area contributed by atoms with Crippen LogP contribution in [0.3, 0.4) is 0 Å². The third kappa shape index (κ3) is 3.36. The molecule has 3 heterocycles. The summed E-state index contributed by atoms with van der Waals surface area (Å²) in [5.74, 6) is 0.950. The van der Waals surface area contributed by atoms with Crippen molar-refractivity contribution in [2.24, 2.45) is 0 Å². The smallest absolute Gasteiger partial charge is 0.278 e. The Bertz CT molecular complexity index is 1030. The Balaban J connectivity index is 1.59. The van der Waals surface area contributed by atoms with E-state index in [1.807, 2.05) is 54.9 Å². The Labute approximate surface area is 155 Å². The summed E-state index contributed by atoms with van der Waals surface area (Å²) in [5, 5.41) is 9.12. The maximum Gasteiger partial charge on any atom is 0.278 e. The molecule has 130 valence electrons. The fourth-order valence-corrected chi connectivity index (χ4v) is 2.71. The summed E-state index contributed by atoms with van der Waals surface area (Å²) in [5.41, 5.74) is 4.75. The van der Waals surface area contributed by atoms with E-state index in [1.165, 1.54) is 5.56 Å². The molecule has 3 aromatic heterocycles. The molecule has 0 saturated carbocycles. The first-order valence-corrected chi connectivity index (χ1v) is 8.52. The molecule has 0 amide bonds. The van der Waals surface area contributed by atoms with Crippen molar-refractivity contribution in [2.45, 2.75) is 20.4 Å². The minimum atomic E-state index is 0.400. The first-order chi connectivity index (χ1) is 12.6. The van der Waals surface area contributed by atoms with Crippen molar-refractivity contribution < 1.29 is 4.52 Å². The Hall–Kier alpha value is -2.99. The van der Waals surface area contributed by atoms with Gasteiger partial charge in [0.15, 0.2) is 5.69 Å². The molecular weight excluding hydrogens is 350 g/mol. The highest BCUT2D eigenvalue weighted by Gasteiger charge is 2.15. The van der Waals surface area contributed by atoms with Crippen molar-refractivity contribution >= 4 is 11.6 Å². The van der Waals surface area contributed by atoms with Gasteiger partial charge in [0.1, 0.15) is 5.15 Å². The lowest BCUT2D eigenvalue weighted by molar-refractivity contribution is 0.430. The second-order valence-corrected chi connectivity index (χ2v) is 6.49. The highest BCUT2D eigenvalue weighted by Crippen LogP contribution is 2.22. The van der Waals surface area contributed by atoms with E-state index in [-0.39, 0.29) is 0 Å². The zero-order valence-electron chi connectivity index (χ0n) is 14.3. The molecule has 0 aliphatic heterocycles. The normalized spacial score (nSPS) is 11.0. The number of rotatable bonds is 4. The van der Waals surface area contributed by atoms with E-state index in [2.05, 4.69) is 20.2 Å². The number of aryl methyl sites for hydroxylation is 2. The molecular formula is C19H16ClN5O. The van der Waals surface area contributed by atoms with E-state index in [1.54, 1.807) is 12.3 Å². The molecule has 0 spiro atoms. The highest BCUT2D eigenvalue weighted by atomic mass is 35.5. The van der Waals surface area contributed by atoms with Crippen LogP contribution in [0.4, 0.5) is 0 Å². The van der Waals surface area contributed by atoms with Crippen molar-refractivity contribution in [3.8, 4) is 23.0 Å². The summed E-state index contributed by atoms with van der Waals surface area (Å²) in [7, 11) is 0. The summed E-state index contributed by atoms with van der Waals surface area (Å²) in [6.07, 6.45) is 1.74. The molecule has 4 rings (SSSR count). The topological polar surface area (TPSA) is 69.6 Å². The molecule has 0 atom stereocenters. The van der Waals surface area contributed by atoms with Gasteiger partial charge in [-0.3, -0.25) is 4.68 Å². The average molecular weight is 366 g/mol. The highest BCUT2D eigenvalue weighted by molar-refractivity contribution is 6.29. The van der Waals surface area contributed by atoms with Crippen molar-refractivity contribution in [2.75, 3.05) is 0 Å². The van der Waals surface area contributed by atoms with Gasteiger partial charge in [0.05, 0.1) is 6.54 Å². The van der Waals surface area contributed by atoms with Crippen LogP contribution in [0.2, 0.25) is 5.15 Å². The monoisotopic (exact) mass is 365 g/mol. The number of hydrogen-bond acceptors (Lipinski definition) is 5. The van der Waals surface area contributed by atoms with Crippen LogP contribution < -0.4 is 0 Å². The minimum Gasteiger partial charge on any atom is -0.332 e. The summed E-state index contributed by atoms with van der Waals surface area (Å²) >= 11 is 5.83. The molecule has 0 aliphatic rings. The van der Waals surface area contributed by atoms with Crippen molar-refractivity contribution in [1.82, 2.24) is 24.9 Å². The van der Waals surface area contributed by atoms with Gasteiger partial charge < -0.3 is 4.52 Å². The first kappa shape index (κ1) is 16.5. The van der Waals surface area contributed by atoms with Crippen LogP contribution in [0.5, 0.6) is 0 Å². The molecule has 0 bridgehead atoms. The second kappa shape index (κ2) is 6.72. The molecule has 26 heavy (non-hydrogen) atoms. The van der Waals surface area contributed by atoms with E-state index < -0.39 is 0 Å². The number of aromatic nitrogens is 5. The molecule has 0 N–H and O–H groups in total. The van der Waals surface area contributed by atoms with Crippen LogP contribution in [0.1, 0.15) is 16.8 Å². The molecule has 0 unspecified atom stereocenters. The third-order valence-corrected chi connectivity index (χ3v) is 4.28. The van der Waals surface area contributed by atoms with E-state index >= 15 is 0 Å². The molecule has 0 radical (unpaired) electrons. The molecule has 6 nitrogen and oxygen atoms in total. The summed E-state index contributed by atoms with van der Waals surface area (Å²) < 4.78 is 7.27. The van der Waals surface area contributed by atoms with Crippen molar-refractivity contribution in [3.63, 3.8) is 0 Å². The van der Waals surface area contributed by atoms with Gasteiger partial charge in [-0.2, -0.15) is 10.1 Å². The van der Waals surface area contributed by atoms with Crippen molar-refractivity contribution in [3.05, 3.63) is 70.6 Å². The molecule has 1 aromatic carbocycles. The number of nitrogens with zero attached hydrogens (tertiary/aromatic N) is 5. The predicted octanol–water partition coefficient (Wildman–Crippen LogP) is 4.31. The first-order valence-electron chi connectivity index (χ1n) is 8.14. The van der Waals surface area contributed by atoms with E-state index in [9.17, 15) is 0 Å². The number of pyridine rings is 1. The maximum atomic E-state index is 5.83. The van der Waals surface area contributed by atoms with Gasteiger partial charge in [-0.1, -0.05) is 52.7 Å². The van der Waals surface area contributed by atoms with Crippen LogP contribution in [-0.2, 0) is 6.54 Å². The second-order valence-electron chi connectivity index (χ2n) is 6.11. The summed E-state index contributed by atoms with van der Waals surface area (Å²) in [6.45, 7) is 4.61. The van der Waals surface area contributed by atoms with Crippen LogP contribution in [0.25, 0.3) is 23.0 Å². The Morgan fingerprint density at radius 3 is 2.62 bits per heavy atom. The maximum absolute atomic E-state index is 5.83. The predicted molar refractivity (Wildman–Crippen MR) is 98.8 cm³/mol. The summed E-state index contributed by atoms with van der Waals surface area (Å²) in [4.78, 5) is 8.57. The third-order valence-electron chi connectivity index (χ3n) is 4.06. The lowest BCUT2D eigenvalue weighted by Crippen LogP contribution is -2.04. The molecule has 7 heteroatoms. The van der Waals surface area contributed by atoms with E-state index in [0.717, 1.165) is 16.8 Å². The summed E-state index contributed by atoms with van der Waals surface area (Å²) in [6, 6.07) is 13.6. The number of benzene rings is 1. The van der Waals surface area contributed by atoms with Gasteiger partial charge in [-0.05, 0) is 31.5 Å². The fraction of sp³-hybridized carbons (Fsp3) is 0.158.